The lowest BCUT2D eigenvalue weighted by molar-refractivity contribution is -0.129. The zero-order chi connectivity index (χ0) is 13.1. The van der Waals surface area contributed by atoms with Gasteiger partial charge < -0.3 is 15.2 Å². The van der Waals surface area contributed by atoms with Crippen LogP contribution in [-0.2, 0) is 14.4 Å². The molecule has 98 valence electrons. The fraction of sp³-hybridized carbons (Fsp3) is 0.750. The van der Waals surface area contributed by atoms with Gasteiger partial charge in [0.05, 0.1) is 12.5 Å². The maximum atomic E-state index is 11.4. The molecule has 1 unspecified atom stereocenters. The standard InChI is InChI=1S/C12H21NO4/c1-2-3-4-5-11(16)8-12(17)13-10(9-15)6-7-14/h9-10,14H,2-8H2,1H3,(H,13,17). The van der Waals surface area contributed by atoms with Gasteiger partial charge in [0, 0.05) is 13.0 Å². The minimum atomic E-state index is -0.698. The van der Waals surface area contributed by atoms with Crippen LogP contribution in [0.25, 0.3) is 0 Å². The van der Waals surface area contributed by atoms with Crippen LogP contribution in [0.1, 0.15) is 45.4 Å². The molecule has 0 aromatic carbocycles. The SMILES string of the molecule is CCCCCC(=O)CC(=O)NC(C=O)CCO. The molecule has 17 heavy (non-hydrogen) atoms. The predicted molar refractivity (Wildman–Crippen MR) is 63.5 cm³/mol. The van der Waals surface area contributed by atoms with Crippen molar-refractivity contribution in [3.63, 3.8) is 0 Å². The summed E-state index contributed by atoms with van der Waals surface area (Å²) in [7, 11) is 0. The highest BCUT2D eigenvalue weighted by atomic mass is 16.3. The summed E-state index contributed by atoms with van der Waals surface area (Å²) in [5.41, 5.74) is 0. The minimum Gasteiger partial charge on any atom is -0.396 e. The van der Waals surface area contributed by atoms with Gasteiger partial charge in [0.1, 0.15) is 12.1 Å². The summed E-state index contributed by atoms with van der Waals surface area (Å²) in [5.74, 6) is -0.554. The monoisotopic (exact) mass is 243 g/mol. The number of Topliss-reactive ketones (excluding diaryl/α,β-unsaturated/α-hetero) is 1. The van der Waals surface area contributed by atoms with Crippen molar-refractivity contribution in [2.75, 3.05) is 6.61 Å². The number of amides is 1. The highest BCUT2D eigenvalue weighted by Crippen LogP contribution is 2.02. The molecule has 0 aliphatic heterocycles. The summed E-state index contributed by atoms with van der Waals surface area (Å²) in [6.45, 7) is 1.87. The maximum absolute atomic E-state index is 11.4. The molecule has 0 rings (SSSR count). The van der Waals surface area contributed by atoms with Crippen molar-refractivity contribution < 1.29 is 19.5 Å². The topological polar surface area (TPSA) is 83.5 Å². The number of aliphatic hydroxyl groups excluding tert-OH is 1. The average Bonchev–Trinajstić information content (AvgIpc) is 2.28. The van der Waals surface area contributed by atoms with E-state index in [0.29, 0.717) is 12.7 Å². The lowest BCUT2D eigenvalue weighted by Crippen LogP contribution is -2.37. The van der Waals surface area contributed by atoms with Crippen LogP contribution in [0.3, 0.4) is 0 Å². The molecule has 0 aromatic heterocycles. The van der Waals surface area contributed by atoms with Gasteiger partial charge in [-0.2, -0.15) is 0 Å². The second-order valence-electron chi connectivity index (χ2n) is 3.99. The lowest BCUT2D eigenvalue weighted by atomic mass is 10.1. The average molecular weight is 243 g/mol. The Morgan fingerprint density at radius 2 is 2.06 bits per heavy atom. The van der Waals surface area contributed by atoms with Gasteiger partial charge in [-0.1, -0.05) is 19.8 Å². The van der Waals surface area contributed by atoms with Gasteiger partial charge in [-0.25, -0.2) is 0 Å². The molecule has 0 aliphatic carbocycles. The Morgan fingerprint density at radius 1 is 1.35 bits per heavy atom. The lowest BCUT2D eigenvalue weighted by Gasteiger charge is -2.10. The van der Waals surface area contributed by atoms with E-state index >= 15 is 0 Å². The van der Waals surface area contributed by atoms with Crippen LogP contribution < -0.4 is 5.32 Å². The molecular formula is C12H21NO4. The Bertz CT molecular complexity index is 253. The van der Waals surface area contributed by atoms with Crippen LogP contribution in [0.4, 0.5) is 0 Å². The van der Waals surface area contributed by atoms with Gasteiger partial charge in [-0.05, 0) is 12.8 Å². The number of hydrogen-bond acceptors (Lipinski definition) is 4. The Morgan fingerprint density at radius 3 is 2.59 bits per heavy atom. The van der Waals surface area contributed by atoms with Crippen molar-refractivity contribution in [2.45, 2.75) is 51.5 Å². The van der Waals surface area contributed by atoms with Crippen molar-refractivity contribution in [2.24, 2.45) is 0 Å². The molecule has 1 atom stereocenters. The first-order chi connectivity index (χ1) is 8.13. The fourth-order valence-corrected chi connectivity index (χ4v) is 1.41. The highest BCUT2D eigenvalue weighted by Gasteiger charge is 2.13. The summed E-state index contributed by atoms with van der Waals surface area (Å²) in [5, 5.41) is 11.0. The molecular weight excluding hydrogens is 222 g/mol. The normalized spacial score (nSPS) is 11.9. The van der Waals surface area contributed by atoms with E-state index in [2.05, 4.69) is 5.32 Å². The summed E-state index contributed by atoms with van der Waals surface area (Å²) < 4.78 is 0. The molecule has 5 nitrogen and oxygen atoms in total. The van der Waals surface area contributed by atoms with Crippen LogP contribution in [0.5, 0.6) is 0 Å². The third kappa shape index (κ3) is 8.56. The molecule has 0 saturated heterocycles. The molecule has 0 saturated carbocycles. The van der Waals surface area contributed by atoms with Gasteiger partial charge in [0.25, 0.3) is 0 Å². The largest absolute Gasteiger partial charge is 0.396 e. The molecule has 0 aromatic rings. The summed E-state index contributed by atoms with van der Waals surface area (Å²) >= 11 is 0. The maximum Gasteiger partial charge on any atom is 0.228 e. The number of aldehydes is 1. The van der Waals surface area contributed by atoms with Crippen LogP contribution in [0, 0.1) is 0 Å². The van der Waals surface area contributed by atoms with Gasteiger partial charge >= 0.3 is 0 Å². The Kier molecular flexibility index (Phi) is 9.24. The molecule has 0 spiro atoms. The number of aliphatic hydroxyl groups is 1. The van der Waals surface area contributed by atoms with Crippen molar-refractivity contribution in [1.82, 2.24) is 5.32 Å². The third-order valence-corrected chi connectivity index (χ3v) is 2.37. The number of ketones is 1. The predicted octanol–water partition coefficient (Wildman–Crippen LogP) is 0.592. The van der Waals surface area contributed by atoms with E-state index in [1.807, 2.05) is 6.92 Å². The molecule has 1 amide bonds. The molecule has 5 heteroatoms. The highest BCUT2D eigenvalue weighted by molar-refractivity contribution is 5.98. The van der Waals surface area contributed by atoms with Crippen molar-refractivity contribution in [3.05, 3.63) is 0 Å². The Hall–Kier alpha value is -1.23. The van der Waals surface area contributed by atoms with Crippen LogP contribution in [-0.4, -0.2) is 35.7 Å². The van der Waals surface area contributed by atoms with E-state index in [1.165, 1.54) is 0 Å². The van der Waals surface area contributed by atoms with Gasteiger partial charge in [-0.3, -0.25) is 9.59 Å². The number of unbranched alkanes of at least 4 members (excludes halogenated alkanes) is 2. The summed E-state index contributed by atoms with van der Waals surface area (Å²) in [6, 6.07) is -0.698. The zero-order valence-electron chi connectivity index (χ0n) is 10.3. The molecule has 0 heterocycles. The van der Waals surface area contributed by atoms with E-state index in [-0.39, 0.29) is 25.2 Å². The number of rotatable bonds is 10. The van der Waals surface area contributed by atoms with Crippen molar-refractivity contribution in [3.8, 4) is 0 Å². The Balaban J connectivity index is 3.83. The summed E-state index contributed by atoms with van der Waals surface area (Å²) in [6.07, 6.45) is 3.79. The number of hydrogen-bond donors (Lipinski definition) is 2. The first-order valence-electron chi connectivity index (χ1n) is 6.01. The molecule has 0 aliphatic rings. The van der Waals surface area contributed by atoms with Crippen LogP contribution in [0.15, 0.2) is 0 Å². The van der Waals surface area contributed by atoms with Crippen LogP contribution >= 0.6 is 0 Å². The number of nitrogens with one attached hydrogen (secondary N) is 1. The van der Waals surface area contributed by atoms with Crippen molar-refractivity contribution >= 4 is 18.0 Å². The van der Waals surface area contributed by atoms with E-state index in [1.54, 1.807) is 0 Å². The van der Waals surface area contributed by atoms with E-state index in [4.69, 9.17) is 5.11 Å². The first-order valence-corrected chi connectivity index (χ1v) is 6.01. The quantitative estimate of drug-likeness (QED) is 0.334. The summed E-state index contributed by atoms with van der Waals surface area (Å²) in [4.78, 5) is 33.2. The van der Waals surface area contributed by atoms with E-state index in [0.717, 1.165) is 19.3 Å². The minimum absolute atomic E-state index is 0.107. The number of carbonyl (C=O) groups excluding carboxylic acids is 3. The van der Waals surface area contributed by atoms with E-state index < -0.39 is 11.9 Å². The smallest absolute Gasteiger partial charge is 0.228 e. The second kappa shape index (κ2) is 9.96. The van der Waals surface area contributed by atoms with E-state index in [9.17, 15) is 14.4 Å². The third-order valence-electron chi connectivity index (χ3n) is 2.37. The second-order valence-corrected chi connectivity index (χ2v) is 3.99. The molecule has 2 N–H and O–H groups in total. The molecule has 0 bridgehead atoms. The van der Waals surface area contributed by atoms with Gasteiger partial charge in [0.15, 0.2) is 0 Å². The Labute approximate surface area is 102 Å². The first kappa shape index (κ1) is 15.8. The van der Waals surface area contributed by atoms with Crippen molar-refractivity contribution in [1.29, 1.82) is 0 Å². The number of carbonyl (C=O) groups is 3. The zero-order valence-corrected chi connectivity index (χ0v) is 10.3. The van der Waals surface area contributed by atoms with Gasteiger partial charge in [-0.15, -0.1) is 0 Å². The molecule has 0 radical (unpaired) electrons. The van der Waals surface area contributed by atoms with Gasteiger partial charge in [0.2, 0.25) is 5.91 Å². The fourth-order valence-electron chi connectivity index (χ4n) is 1.41. The van der Waals surface area contributed by atoms with Crippen LogP contribution in [0.2, 0.25) is 0 Å². The molecule has 0 fully saturated rings.